The van der Waals surface area contributed by atoms with Crippen molar-refractivity contribution in [1.82, 2.24) is 5.16 Å². The summed E-state index contributed by atoms with van der Waals surface area (Å²) in [5.74, 6) is 0.456. The van der Waals surface area contributed by atoms with Crippen LogP contribution in [-0.2, 0) is 0 Å². The Morgan fingerprint density at radius 1 is 1.17 bits per heavy atom. The van der Waals surface area contributed by atoms with Gasteiger partial charge in [-0.1, -0.05) is 28.9 Å². The van der Waals surface area contributed by atoms with Crippen molar-refractivity contribution in [2.45, 2.75) is 0 Å². The lowest BCUT2D eigenvalue weighted by Crippen LogP contribution is -2.10. The summed E-state index contributed by atoms with van der Waals surface area (Å²) in [5, 5.41) is 7.23. The Hall–Kier alpha value is -2.79. The van der Waals surface area contributed by atoms with Gasteiger partial charge in [-0.3, -0.25) is 4.79 Å². The Bertz CT molecular complexity index is 828. The van der Waals surface area contributed by atoms with E-state index in [2.05, 4.69) is 10.5 Å². The van der Waals surface area contributed by atoms with Gasteiger partial charge in [0.1, 0.15) is 11.4 Å². The zero-order valence-electron chi connectivity index (χ0n) is 12.2. The van der Waals surface area contributed by atoms with Crippen molar-refractivity contribution >= 4 is 23.2 Å². The molecular formula is C17H13ClN2O3. The van der Waals surface area contributed by atoms with E-state index in [0.29, 0.717) is 22.2 Å². The van der Waals surface area contributed by atoms with Crippen molar-refractivity contribution in [3.63, 3.8) is 0 Å². The summed E-state index contributed by atoms with van der Waals surface area (Å²) < 4.78 is 10.2. The van der Waals surface area contributed by atoms with E-state index >= 15 is 0 Å². The first-order chi connectivity index (χ1) is 11.2. The van der Waals surface area contributed by atoms with Gasteiger partial charge < -0.3 is 14.6 Å². The average molecular weight is 329 g/mol. The zero-order valence-corrected chi connectivity index (χ0v) is 13.0. The van der Waals surface area contributed by atoms with Crippen LogP contribution in [0, 0.1) is 0 Å². The predicted octanol–water partition coefficient (Wildman–Crippen LogP) is 4.26. The summed E-state index contributed by atoms with van der Waals surface area (Å²) in [5.41, 5.74) is 1.97. The van der Waals surface area contributed by atoms with Crippen molar-refractivity contribution in [2.24, 2.45) is 0 Å². The van der Waals surface area contributed by atoms with Crippen LogP contribution >= 0.6 is 11.6 Å². The van der Waals surface area contributed by atoms with Crippen LogP contribution < -0.4 is 10.1 Å². The van der Waals surface area contributed by atoms with E-state index in [1.165, 1.54) is 0 Å². The smallest absolute Gasteiger partial charge is 0.294 e. The maximum absolute atomic E-state index is 12.2. The molecule has 0 radical (unpaired) electrons. The van der Waals surface area contributed by atoms with E-state index in [9.17, 15) is 4.79 Å². The molecule has 1 amide bonds. The molecule has 0 aliphatic rings. The number of halogens is 1. The Morgan fingerprint density at radius 2 is 1.96 bits per heavy atom. The number of benzene rings is 2. The number of nitrogens with one attached hydrogen (secondary N) is 1. The normalized spacial score (nSPS) is 10.3. The summed E-state index contributed by atoms with van der Waals surface area (Å²) in [4.78, 5) is 12.2. The highest BCUT2D eigenvalue weighted by Crippen LogP contribution is 2.23. The highest BCUT2D eigenvalue weighted by Gasteiger charge is 2.14. The molecule has 5 nitrogen and oxygen atoms in total. The second-order valence-corrected chi connectivity index (χ2v) is 5.21. The molecule has 3 rings (SSSR count). The van der Waals surface area contributed by atoms with E-state index in [4.69, 9.17) is 20.9 Å². The van der Waals surface area contributed by atoms with E-state index in [-0.39, 0.29) is 11.7 Å². The van der Waals surface area contributed by atoms with Gasteiger partial charge >= 0.3 is 0 Å². The van der Waals surface area contributed by atoms with Gasteiger partial charge in [0.05, 0.1) is 7.11 Å². The van der Waals surface area contributed by atoms with Gasteiger partial charge in [-0.15, -0.1) is 0 Å². The lowest BCUT2D eigenvalue weighted by Gasteiger charge is -2.03. The summed E-state index contributed by atoms with van der Waals surface area (Å²) in [6, 6.07) is 15.7. The third-order valence-corrected chi connectivity index (χ3v) is 3.44. The SMILES string of the molecule is COc1ccc(NC(=O)c2cc(-c3cccc(Cl)c3)no2)cc1. The number of methoxy groups -OCH3 is 1. The molecule has 0 aliphatic heterocycles. The number of nitrogens with zero attached hydrogens (tertiary/aromatic N) is 1. The first-order valence-corrected chi connectivity index (χ1v) is 7.21. The first-order valence-electron chi connectivity index (χ1n) is 6.84. The molecule has 0 unspecified atom stereocenters. The number of carbonyl (C=O) groups excluding carboxylic acids is 1. The third-order valence-electron chi connectivity index (χ3n) is 3.20. The molecule has 0 bridgehead atoms. The van der Waals surface area contributed by atoms with E-state index in [0.717, 1.165) is 5.56 Å². The summed E-state index contributed by atoms with van der Waals surface area (Å²) >= 11 is 5.95. The van der Waals surface area contributed by atoms with Crippen LogP contribution in [0.5, 0.6) is 5.75 Å². The molecule has 0 fully saturated rings. The van der Waals surface area contributed by atoms with Crippen LogP contribution in [0.2, 0.25) is 5.02 Å². The summed E-state index contributed by atoms with van der Waals surface area (Å²) in [6.45, 7) is 0. The highest BCUT2D eigenvalue weighted by atomic mass is 35.5. The summed E-state index contributed by atoms with van der Waals surface area (Å²) in [7, 11) is 1.58. The van der Waals surface area contributed by atoms with Crippen LogP contribution in [0.3, 0.4) is 0 Å². The predicted molar refractivity (Wildman–Crippen MR) is 87.9 cm³/mol. The minimum Gasteiger partial charge on any atom is -0.497 e. The van der Waals surface area contributed by atoms with Crippen molar-refractivity contribution < 1.29 is 14.1 Å². The molecule has 1 N–H and O–H groups in total. The van der Waals surface area contributed by atoms with Crippen LogP contribution in [0.4, 0.5) is 5.69 Å². The van der Waals surface area contributed by atoms with Gasteiger partial charge in [-0.2, -0.15) is 0 Å². The third kappa shape index (κ3) is 3.52. The second kappa shape index (κ2) is 6.54. The standard InChI is InChI=1S/C17H13ClN2O3/c1-22-14-7-5-13(6-8-14)19-17(21)16-10-15(20-23-16)11-3-2-4-12(18)9-11/h2-10H,1H3,(H,19,21). The minimum atomic E-state index is -0.379. The second-order valence-electron chi connectivity index (χ2n) is 4.77. The summed E-state index contributed by atoms with van der Waals surface area (Å²) in [6.07, 6.45) is 0. The number of hydrogen-bond donors (Lipinski definition) is 1. The Morgan fingerprint density at radius 3 is 2.65 bits per heavy atom. The molecule has 3 aromatic rings. The molecule has 6 heteroatoms. The topological polar surface area (TPSA) is 64.4 Å². The average Bonchev–Trinajstić information content (AvgIpc) is 3.06. The van der Waals surface area contributed by atoms with Gasteiger partial charge in [-0.05, 0) is 36.4 Å². The molecule has 2 aromatic carbocycles. The number of ether oxygens (including phenoxy) is 1. The number of rotatable bonds is 4. The molecule has 0 spiro atoms. The largest absolute Gasteiger partial charge is 0.497 e. The van der Waals surface area contributed by atoms with Crippen molar-refractivity contribution in [3.05, 3.63) is 65.4 Å². The first kappa shape index (κ1) is 15.1. The molecule has 116 valence electrons. The fourth-order valence-electron chi connectivity index (χ4n) is 2.03. The van der Waals surface area contributed by atoms with Crippen LogP contribution in [0.15, 0.2) is 59.1 Å². The van der Waals surface area contributed by atoms with Crippen molar-refractivity contribution in [2.75, 3.05) is 12.4 Å². The lowest BCUT2D eigenvalue weighted by atomic mass is 10.1. The van der Waals surface area contributed by atoms with Crippen LogP contribution in [-0.4, -0.2) is 18.2 Å². The molecule has 0 saturated carbocycles. The number of aromatic nitrogens is 1. The van der Waals surface area contributed by atoms with E-state index < -0.39 is 0 Å². The molecule has 0 aliphatic carbocycles. The van der Waals surface area contributed by atoms with E-state index in [1.54, 1.807) is 49.6 Å². The number of anilines is 1. The maximum atomic E-state index is 12.2. The van der Waals surface area contributed by atoms with Gasteiger partial charge in [0, 0.05) is 22.3 Å². The fourth-order valence-corrected chi connectivity index (χ4v) is 2.22. The molecule has 0 saturated heterocycles. The maximum Gasteiger partial charge on any atom is 0.294 e. The number of carbonyl (C=O) groups is 1. The quantitative estimate of drug-likeness (QED) is 0.777. The lowest BCUT2D eigenvalue weighted by molar-refractivity contribution is 0.0988. The van der Waals surface area contributed by atoms with Crippen LogP contribution in [0.25, 0.3) is 11.3 Å². The zero-order chi connectivity index (χ0) is 16.2. The number of amides is 1. The molecule has 1 aromatic heterocycles. The monoisotopic (exact) mass is 328 g/mol. The molecular weight excluding hydrogens is 316 g/mol. The fraction of sp³-hybridized carbons (Fsp3) is 0.0588. The molecule has 0 atom stereocenters. The Kier molecular flexibility index (Phi) is 4.30. The Balaban J connectivity index is 1.75. The molecule has 1 heterocycles. The Labute approximate surface area is 137 Å². The van der Waals surface area contributed by atoms with Crippen LogP contribution in [0.1, 0.15) is 10.6 Å². The number of hydrogen-bond acceptors (Lipinski definition) is 4. The van der Waals surface area contributed by atoms with Crippen molar-refractivity contribution in [3.8, 4) is 17.0 Å². The van der Waals surface area contributed by atoms with Crippen molar-refractivity contribution in [1.29, 1.82) is 0 Å². The molecule has 23 heavy (non-hydrogen) atoms. The highest BCUT2D eigenvalue weighted by molar-refractivity contribution is 6.30. The van der Waals surface area contributed by atoms with E-state index in [1.807, 2.05) is 12.1 Å². The van der Waals surface area contributed by atoms with Gasteiger partial charge in [0.2, 0.25) is 5.76 Å². The van der Waals surface area contributed by atoms with Gasteiger partial charge in [-0.25, -0.2) is 0 Å². The minimum absolute atomic E-state index is 0.121. The van der Waals surface area contributed by atoms with Gasteiger partial charge in [0.15, 0.2) is 0 Å². The van der Waals surface area contributed by atoms with Gasteiger partial charge in [0.25, 0.3) is 5.91 Å².